The van der Waals surface area contributed by atoms with Crippen molar-refractivity contribution in [2.24, 2.45) is 4.99 Å². The van der Waals surface area contributed by atoms with Gasteiger partial charge in [0.25, 0.3) is 0 Å². The summed E-state index contributed by atoms with van der Waals surface area (Å²) in [4.78, 5) is 31.0. The highest BCUT2D eigenvalue weighted by atomic mass is 79.9. The van der Waals surface area contributed by atoms with Crippen LogP contribution in [0.25, 0.3) is 0 Å². The van der Waals surface area contributed by atoms with Crippen molar-refractivity contribution in [3.8, 4) is 0 Å². The zero-order valence-electron chi connectivity index (χ0n) is 14.8. The third-order valence-corrected chi connectivity index (χ3v) is 5.59. The van der Waals surface area contributed by atoms with Crippen molar-refractivity contribution in [3.63, 3.8) is 0 Å². The topological polar surface area (TPSA) is 61.8 Å². The first kappa shape index (κ1) is 20.3. The summed E-state index contributed by atoms with van der Waals surface area (Å²) in [5.74, 6) is -0.809. The first-order chi connectivity index (χ1) is 13.5. The van der Waals surface area contributed by atoms with Crippen LogP contribution in [0.1, 0.15) is 6.42 Å². The van der Waals surface area contributed by atoms with Crippen LogP contribution < -0.4 is 5.32 Å². The zero-order valence-corrected chi connectivity index (χ0v) is 17.2. The first-order valence-electron chi connectivity index (χ1n) is 8.45. The molecule has 144 valence electrons. The van der Waals surface area contributed by atoms with Gasteiger partial charge in [-0.15, -0.1) is 6.58 Å². The molecule has 5 nitrogen and oxygen atoms in total. The second-order valence-electron chi connectivity index (χ2n) is 5.97. The van der Waals surface area contributed by atoms with Gasteiger partial charge < -0.3 is 5.32 Å². The number of thioether (sulfide) groups is 1. The molecule has 1 N–H and O–H groups in total. The molecule has 0 aromatic heterocycles. The maximum atomic E-state index is 13.1. The van der Waals surface area contributed by atoms with Gasteiger partial charge in [-0.3, -0.25) is 14.5 Å². The van der Waals surface area contributed by atoms with Crippen LogP contribution in [0.5, 0.6) is 0 Å². The van der Waals surface area contributed by atoms with E-state index in [2.05, 4.69) is 32.8 Å². The second-order valence-corrected chi connectivity index (χ2v) is 8.06. The molecular formula is C20H17BrFN3O2S. The van der Waals surface area contributed by atoms with E-state index in [0.29, 0.717) is 16.5 Å². The van der Waals surface area contributed by atoms with E-state index in [9.17, 15) is 14.0 Å². The number of aliphatic imine (C=N–C) groups is 1. The quantitative estimate of drug-likeness (QED) is 0.632. The number of carbonyl (C=O) groups excluding carboxylic acids is 2. The Morgan fingerprint density at radius 3 is 2.57 bits per heavy atom. The molecule has 28 heavy (non-hydrogen) atoms. The Morgan fingerprint density at radius 2 is 1.93 bits per heavy atom. The maximum absolute atomic E-state index is 13.1. The fourth-order valence-corrected chi connectivity index (χ4v) is 3.99. The lowest BCUT2D eigenvalue weighted by Gasteiger charge is -2.13. The Hall–Kier alpha value is -2.45. The minimum Gasteiger partial charge on any atom is -0.326 e. The molecule has 2 aromatic carbocycles. The summed E-state index contributed by atoms with van der Waals surface area (Å²) < 4.78 is 14.0. The summed E-state index contributed by atoms with van der Waals surface area (Å²) in [5.41, 5.74) is 1.19. The van der Waals surface area contributed by atoms with E-state index in [1.165, 1.54) is 40.9 Å². The normalized spacial score (nSPS) is 17.8. The Labute approximate surface area is 174 Å². The van der Waals surface area contributed by atoms with E-state index >= 15 is 0 Å². The molecule has 3 rings (SSSR count). The number of rotatable bonds is 6. The Morgan fingerprint density at radius 1 is 1.25 bits per heavy atom. The monoisotopic (exact) mass is 461 g/mol. The Balaban J connectivity index is 1.72. The predicted octanol–water partition coefficient (Wildman–Crippen LogP) is 4.73. The fraction of sp³-hybridized carbons (Fsp3) is 0.150. The van der Waals surface area contributed by atoms with Gasteiger partial charge in [0.05, 0.1) is 5.69 Å². The molecule has 2 aromatic rings. The maximum Gasteiger partial charge on any atom is 0.242 e. The molecule has 8 heteroatoms. The lowest BCUT2D eigenvalue weighted by atomic mass is 10.2. The summed E-state index contributed by atoms with van der Waals surface area (Å²) in [7, 11) is 0. The molecule has 1 aliphatic heterocycles. The van der Waals surface area contributed by atoms with Crippen LogP contribution >= 0.6 is 27.7 Å². The van der Waals surface area contributed by atoms with Gasteiger partial charge in [-0.05, 0) is 48.5 Å². The van der Waals surface area contributed by atoms with Crippen LogP contribution in [0, 0.1) is 5.82 Å². The number of nitrogens with one attached hydrogen (secondary N) is 1. The number of hydrogen-bond donors (Lipinski definition) is 1. The van der Waals surface area contributed by atoms with Crippen LogP contribution in [0.3, 0.4) is 0 Å². The third kappa shape index (κ3) is 5.08. The van der Waals surface area contributed by atoms with Gasteiger partial charge in [-0.1, -0.05) is 33.8 Å². The standard InChI is InChI=1S/C20H17BrFN3O2S/c1-2-11-25-19(27)17(12-18(26)23-15-7-3-13(21)4-8-15)28-20(25)24-16-9-5-14(22)6-10-16/h2-10,17H,1,11-12H2,(H,23,26)/t17-/m1/s1. The molecule has 0 radical (unpaired) electrons. The molecule has 0 bridgehead atoms. The number of carbonyl (C=O) groups is 2. The molecule has 2 amide bonds. The minimum atomic E-state index is -0.574. The zero-order chi connectivity index (χ0) is 20.1. The van der Waals surface area contributed by atoms with Crippen LogP contribution in [0.2, 0.25) is 0 Å². The highest BCUT2D eigenvalue weighted by Gasteiger charge is 2.38. The molecule has 0 unspecified atom stereocenters. The number of hydrogen-bond acceptors (Lipinski definition) is 4. The van der Waals surface area contributed by atoms with E-state index in [4.69, 9.17) is 0 Å². The first-order valence-corrected chi connectivity index (χ1v) is 10.1. The molecule has 1 fully saturated rings. The fourth-order valence-electron chi connectivity index (χ4n) is 2.56. The van der Waals surface area contributed by atoms with Crippen molar-refractivity contribution in [2.75, 3.05) is 11.9 Å². The lowest BCUT2D eigenvalue weighted by Crippen LogP contribution is -2.33. The molecular weight excluding hydrogens is 445 g/mol. The average Bonchev–Trinajstić information content (AvgIpc) is 2.94. The second kappa shape index (κ2) is 9.16. The van der Waals surface area contributed by atoms with E-state index in [1.54, 1.807) is 18.2 Å². The highest BCUT2D eigenvalue weighted by molar-refractivity contribution is 9.10. The SMILES string of the molecule is C=CCN1C(=O)[C@@H](CC(=O)Nc2ccc(Br)cc2)SC1=Nc1ccc(F)cc1. The van der Waals surface area contributed by atoms with Crippen molar-refractivity contribution in [1.29, 1.82) is 0 Å². The van der Waals surface area contributed by atoms with Crippen molar-refractivity contribution < 1.29 is 14.0 Å². The molecule has 0 saturated carbocycles. The molecule has 0 spiro atoms. The average molecular weight is 462 g/mol. The van der Waals surface area contributed by atoms with Gasteiger partial charge in [-0.2, -0.15) is 0 Å². The largest absolute Gasteiger partial charge is 0.326 e. The molecule has 0 aliphatic carbocycles. The molecule has 1 saturated heterocycles. The third-order valence-electron chi connectivity index (χ3n) is 3.88. The number of benzene rings is 2. The van der Waals surface area contributed by atoms with Gasteiger partial charge in [0.1, 0.15) is 11.1 Å². The molecule has 1 heterocycles. The van der Waals surface area contributed by atoms with Gasteiger partial charge in [0.2, 0.25) is 11.8 Å². The van der Waals surface area contributed by atoms with Crippen LogP contribution in [0.15, 0.2) is 70.7 Å². The summed E-state index contributed by atoms with van der Waals surface area (Å²) in [6, 6.07) is 12.9. The van der Waals surface area contributed by atoms with Crippen LogP contribution in [0.4, 0.5) is 15.8 Å². The van der Waals surface area contributed by atoms with E-state index in [0.717, 1.165) is 4.47 Å². The van der Waals surface area contributed by atoms with E-state index in [-0.39, 0.29) is 30.6 Å². The van der Waals surface area contributed by atoms with E-state index < -0.39 is 5.25 Å². The lowest BCUT2D eigenvalue weighted by molar-refractivity contribution is -0.127. The highest BCUT2D eigenvalue weighted by Crippen LogP contribution is 2.32. The summed E-state index contributed by atoms with van der Waals surface area (Å²) >= 11 is 4.56. The van der Waals surface area contributed by atoms with Gasteiger partial charge in [-0.25, -0.2) is 9.38 Å². The summed E-state index contributed by atoms with van der Waals surface area (Å²) in [6.45, 7) is 3.96. The van der Waals surface area contributed by atoms with Crippen molar-refractivity contribution in [3.05, 3.63) is 71.5 Å². The summed E-state index contributed by atoms with van der Waals surface area (Å²) in [5, 5.41) is 2.68. The Kier molecular flexibility index (Phi) is 6.64. The molecule has 1 atom stereocenters. The van der Waals surface area contributed by atoms with Gasteiger partial charge >= 0.3 is 0 Å². The van der Waals surface area contributed by atoms with Crippen molar-refractivity contribution in [1.82, 2.24) is 4.90 Å². The number of amidine groups is 1. The van der Waals surface area contributed by atoms with Gasteiger partial charge in [0, 0.05) is 23.1 Å². The smallest absolute Gasteiger partial charge is 0.242 e. The summed E-state index contributed by atoms with van der Waals surface area (Å²) in [6.07, 6.45) is 1.62. The Bertz CT molecular complexity index is 916. The van der Waals surface area contributed by atoms with Gasteiger partial charge in [0.15, 0.2) is 5.17 Å². The van der Waals surface area contributed by atoms with Crippen LogP contribution in [-0.4, -0.2) is 33.7 Å². The molecule has 1 aliphatic rings. The van der Waals surface area contributed by atoms with Crippen LogP contribution in [-0.2, 0) is 9.59 Å². The van der Waals surface area contributed by atoms with Crippen molar-refractivity contribution in [2.45, 2.75) is 11.7 Å². The van der Waals surface area contributed by atoms with E-state index in [1.807, 2.05) is 12.1 Å². The number of amides is 2. The number of anilines is 1. The minimum absolute atomic E-state index is 0.0235. The number of halogens is 2. The van der Waals surface area contributed by atoms with Crippen molar-refractivity contribution >= 4 is 56.0 Å². The number of nitrogens with zero attached hydrogens (tertiary/aromatic N) is 2. The predicted molar refractivity (Wildman–Crippen MR) is 114 cm³/mol.